The van der Waals surface area contributed by atoms with E-state index in [2.05, 4.69) is 9.97 Å². The van der Waals surface area contributed by atoms with Crippen molar-refractivity contribution in [2.24, 2.45) is 0 Å². The van der Waals surface area contributed by atoms with Crippen LogP contribution in [0.1, 0.15) is 0 Å². The van der Waals surface area contributed by atoms with Gasteiger partial charge in [0.2, 0.25) is 0 Å². The molecule has 0 aliphatic rings. The maximum atomic E-state index is 5.35. The fourth-order valence-electron chi connectivity index (χ4n) is 1.90. The average molecular weight is 198 g/mol. The van der Waals surface area contributed by atoms with Crippen molar-refractivity contribution in [2.75, 3.05) is 7.11 Å². The van der Waals surface area contributed by atoms with E-state index in [0.29, 0.717) is 0 Å². The second-order valence-corrected chi connectivity index (χ2v) is 3.42. The molecule has 0 amide bonds. The number of benzene rings is 1. The van der Waals surface area contributed by atoms with Gasteiger partial charge in [-0.1, -0.05) is 0 Å². The first kappa shape index (κ1) is 8.29. The first-order chi connectivity index (χ1) is 7.40. The number of hydrogen-bond donors (Lipinski definition) is 1. The van der Waals surface area contributed by atoms with Gasteiger partial charge in [-0.15, -0.1) is 0 Å². The third kappa shape index (κ3) is 1.09. The quantitative estimate of drug-likeness (QED) is 0.652. The smallest absolute Gasteiger partial charge is 0.143 e. The Bertz CT molecular complexity index is 628. The van der Waals surface area contributed by atoms with Crippen molar-refractivity contribution in [1.82, 2.24) is 9.97 Å². The zero-order chi connectivity index (χ0) is 10.3. The molecule has 3 rings (SSSR count). The Balaban J connectivity index is 2.58. The van der Waals surface area contributed by atoms with Gasteiger partial charge in [0, 0.05) is 23.2 Å². The van der Waals surface area contributed by atoms with Crippen LogP contribution in [0.2, 0.25) is 0 Å². The van der Waals surface area contributed by atoms with Gasteiger partial charge >= 0.3 is 0 Å². The number of H-pyrrole nitrogens is 1. The van der Waals surface area contributed by atoms with Crippen molar-refractivity contribution in [3.05, 3.63) is 36.7 Å². The number of aromatic amines is 1. The van der Waals surface area contributed by atoms with Crippen molar-refractivity contribution < 1.29 is 4.74 Å². The maximum Gasteiger partial charge on any atom is 0.143 e. The molecule has 2 aromatic heterocycles. The molecule has 3 heteroatoms. The molecule has 1 N–H and O–H groups in total. The Kier molecular flexibility index (Phi) is 1.65. The molecule has 0 aliphatic carbocycles. The summed E-state index contributed by atoms with van der Waals surface area (Å²) in [4.78, 5) is 7.53. The van der Waals surface area contributed by atoms with E-state index in [-0.39, 0.29) is 0 Å². The molecule has 1 aromatic carbocycles. The fraction of sp³-hybridized carbons (Fsp3) is 0.0833. The topological polar surface area (TPSA) is 37.9 Å². The molecule has 0 fully saturated rings. The van der Waals surface area contributed by atoms with Crippen molar-refractivity contribution in [3.8, 4) is 5.75 Å². The molecule has 0 radical (unpaired) electrons. The number of ether oxygens (including phenoxy) is 1. The Morgan fingerprint density at radius 1 is 1.33 bits per heavy atom. The van der Waals surface area contributed by atoms with Gasteiger partial charge in [0.15, 0.2) is 0 Å². The standard InChI is InChI=1S/C12H10N2O/c1-15-10-7-8-4-6-14-11(8)9-3-2-5-13-12(9)10/h2-7,13H,1H3. The second-order valence-electron chi connectivity index (χ2n) is 3.42. The Hall–Kier alpha value is -2.03. The van der Waals surface area contributed by atoms with E-state index < -0.39 is 0 Å². The fourth-order valence-corrected chi connectivity index (χ4v) is 1.90. The summed E-state index contributed by atoms with van der Waals surface area (Å²) in [6.07, 6.45) is 3.70. The highest BCUT2D eigenvalue weighted by atomic mass is 16.5. The van der Waals surface area contributed by atoms with Gasteiger partial charge in [-0.2, -0.15) is 0 Å². The molecule has 0 aliphatic heterocycles. The second kappa shape index (κ2) is 2.98. The summed E-state index contributed by atoms with van der Waals surface area (Å²) in [6.45, 7) is 0. The number of aromatic nitrogens is 2. The molecule has 2 heterocycles. The van der Waals surface area contributed by atoms with Gasteiger partial charge in [0.05, 0.1) is 18.1 Å². The van der Waals surface area contributed by atoms with Crippen LogP contribution in [-0.2, 0) is 0 Å². The van der Waals surface area contributed by atoms with Crippen molar-refractivity contribution >= 4 is 21.8 Å². The van der Waals surface area contributed by atoms with Crippen LogP contribution in [0.15, 0.2) is 36.7 Å². The molecule has 0 spiro atoms. The molecule has 0 unspecified atom stereocenters. The molecule has 0 saturated carbocycles. The molecule has 0 saturated heterocycles. The Labute approximate surface area is 86.7 Å². The Morgan fingerprint density at radius 2 is 2.27 bits per heavy atom. The minimum atomic E-state index is 0.853. The Morgan fingerprint density at radius 3 is 3.13 bits per heavy atom. The summed E-state index contributed by atoms with van der Waals surface area (Å²) < 4.78 is 5.35. The van der Waals surface area contributed by atoms with Gasteiger partial charge in [-0.25, -0.2) is 0 Å². The van der Waals surface area contributed by atoms with E-state index in [1.165, 1.54) is 0 Å². The summed E-state index contributed by atoms with van der Waals surface area (Å²) >= 11 is 0. The van der Waals surface area contributed by atoms with Gasteiger partial charge in [-0.3, -0.25) is 4.98 Å². The van der Waals surface area contributed by atoms with Gasteiger partial charge in [0.25, 0.3) is 0 Å². The van der Waals surface area contributed by atoms with Crippen LogP contribution in [0.4, 0.5) is 0 Å². The third-order valence-corrected chi connectivity index (χ3v) is 2.60. The zero-order valence-corrected chi connectivity index (χ0v) is 8.32. The van der Waals surface area contributed by atoms with E-state index in [0.717, 1.165) is 27.6 Å². The highest BCUT2D eigenvalue weighted by Gasteiger charge is 2.07. The number of pyridine rings is 1. The lowest BCUT2D eigenvalue weighted by molar-refractivity contribution is 0.419. The molecule has 3 aromatic rings. The zero-order valence-electron chi connectivity index (χ0n) is 8.32. The van der Waals surface area contributed by atoms with E-state index in [4.69, 9.17) is 4.74 Å². The number of nitrogens with zero attached hydrogens (tertiary/aromatic N) is 1. The van der Waals surface area contributed by atoms with Gasteiger partial charge < -0.3 is 9.72 Å². The van der Waals surface area contributed by atoms with E-state index in [1.807, 2.05) is 36.7 Å². The monoisotopic (exact) mass is 198 g/mol. The lowest BCUT2D eigenvalue weighted by Gasteiger charge is -2.05. The summed E-state index contributed by atoms with van der Waals surface area (Å²) in [6, 6.07) is 8.00. The first-order valence-corrected chi connectivity index (χ1v) is 4.79. The van der Waals surface area contributed by atoms with Crippen LogP contribution < -0.4 is 4.74 Å². The predicted octanol–water partition coefficient (Wildman–Crippen LogP) is 2.72. The highest BCUT2D eigenvalue weighted by molar-refractivity contribution is 6.06. The highest BCUT2D eigenvalue weighted by Crippen LogP contribution is 2.30. The van der Waals surface area contributed by atoms with E-state index >= 15 is 0 Å². The summed E-state index contributed by atoms with van der Waals surface area (Å²) in [5.74, 6) is 0.853. The van der Waals surface area contributed by atoms with Crippen LogP contribution in [0.3, 0.4) is 0 Å². The SMILES string of the molecule is COc1cc2ccnc2c2ccc[nH]c12. The number of fused-ring (bicyclic) bond motifs is 3. The molecule has 74 valence electrons. The lowest BCUT2D eigenvalue weighted by Crippen LogP contribution is -1.87. The number of methoxy groups -OCH3 is 1. The van der Waals surface area contributed by atoms with Gasteiger partial charge in [-0.05, 0) is 24.3 Å². The van der Waals surface area contributed by atoms with E-state index in [9.17, 15) is 0 Å². The van der Waals surface area contributed by atoms with Crippen molar-refractivity contribution in [2.45, 2.75) is 0 Å². The number of rotatable bonds is 1. The summed E-state index contributed by atoms with van der Waals surface area (Å²) in [5, 5.41) is 2.20. The number of nitrogens with one attached hydrogen (secondary N) is 1. The molecule has 0 atom stereocenters. The van der Waals surface area contributed by atoms with Crippen LogP contribution in [-0.4, -0.2) is 17.1 Å². The van der Waals surface area contributed by atoms with Crippen LogP contribution in [0, 0.1) is 0 Å². The normalized spacial score (nSPS) is 11.0. The molecular weight excluding hydrogens is 188 g/mol. The molecular formula is C12H10N2O. The third-order valence-electron chi connectivity index (χ3n) is 2.60. The predicted molar refractivity (Wildman–Crippen MR) is 60.2 cm³/mol. The van der Waals surface area contributed by atoms with Crippen LogP contribution >= 0.6 is 0 Å². The first-order valence-electron chi connectivity index (χ1n) is 4.79. The molecule has 3 nitrogen and oxygen atoms in total. The minimum Gasteiger partial charge on any atom is -0.495 e. The largest absolute Gasteiger partial charge is 0.495 e. The summed E-state index contributed by atoms with van der Waals surface area (Å²) in [7, 11) is 1.68. The minimum absolute atomic E-state index is 0.853. The summed E-state index contributed by atoms with van der Waals surface area (Å²) in [5.41, 5.74) is 2.01. The van der Waals surface area contributed by atoms with Gasteiger partial charge in [0.1, 0.15) is 5.75 Å². The maximum absolute atomic E-state index is 5.35. The van der Waals surface area contributed by atoms with Crippen LogP contribution in [0.25, 0.3) is 21.8 Å². The van der Waals surface area contributed by atoms with Crippen molar-refractivity contribution in [1.29, 1.82) is 0 Å². The lowest BCUT2D eigenvalue weighted by atomic mass is 10.1. The molecule has 15 heavy (non-hydrogen) atoms. The van der Waals surface area contributed by atoms with Crippen molar-refractivity contribution in [3.63, 3.8) is 0 Å². The molecule has 0 bridgehead atoms. The van der Waals surface area contributed by atoms with Crippen LogP contribution in [0.5, 0.6) is 5.75 Å². The number of hydrogen-bond acceptors (Lipinski definition) is 2. The van der Waals surface area contributed by atoms with E-state index in [1.54, 1.807) is 7.11 Å². The average Bonchev–Trinajstić information content (AvgIpc) is 2.76.